The Morgan fingerprint density at radius 2 is 1.96 bits per heavy atom. The molecule has 0 radical (unpaired) electrons. The van der Waals surface area contributed by atoms with E-state index in [1.54, 1.807) is 42.5 Å². The summed E-state index contributed by atoms with van der Waals surface area (Å²) in [4.78, 5) is 20.3. The Labute approximate surface area is 145 Å². The van der Waals surface area contributed by atoms with Gasteiger partial charge in [-0.3, -0.25) is 9.36 Å². The number of aromatic nitrogens is 3. The molecule has 25 heavy (non-hydrogen) atoms. The van der Waals surface area contributed by atoms with E-state index >= 15 is 0 Å². The number of amides is 1. The monoisotopic (exact) mass is 338 g/mol. The first kappa shape index (κ1) is 16.5. The number of nitrogens with zero attached hydrogens (tertiary/aromatic N) is 3. The van der Waals surface area contributed by atoms with E-state index in [4.69, 9.17) is 9.47 Å². The summed E-state index contributed by atoms with van der Waals surface area (Å²) in [6.45, 7) is 0.771. The fourth-order valence-corrected chi connectivity index (χ4v) is 2.18. The van der Waals surface area contributed by atoms with Gasteiger partial charge in [0.05, 0.1) is 19.2 Å². The predicted octanol–water partition coefficient (Wildman–Crippen LogP) is 2.08. The van der Waals surface area contributed by atoms with Crippen LogP contribution in [0.25, 0.3) is 5.82 Å². The molecule has 0 fully saturated rings. The lowest BCUT2D eigenvalue weighted by Crippen LogP contribution is -2.28. The Kier molecular flexibility index (Phi) is 5.26. The summed E-state index contributed by atoms with van der Waals surface area (Å²) in [5, 5.41) is 2.80. The lowest BCUT2D eigenvalue weighted by molar-refractivity contribution is 0.0946. The Balaban J connectivity index is 1.45. The highest BCUT2D eigenvalue weighted by Gasteiger charge is 2.06. The van der Waals surface area contributed by atoms with E-state index in [9.17, 15) is 4.79 Å². The van der Waals surface area contributed by atoms with Gasteiger partial charge in [0.15, 0.2) is 0 Å². The van der Waals surface area contributed by atoms with E-state index in [1.165, 1.54) is 6.20 Å². The van der Waals surface area contributed by atoms with Crippen molar-refractivity contribution in [1.82, 2.24) is 19.9 Å². The topological polar surface area (TPSA) is 78.3 Å². The zero-order valence-corrected chi connectivity index (χ0v) is 13.8. The van der Waals surface area contributed by atoms with Crippen molar-refractivity contribution >= 4 is 5.91 Å². The molecule has 0 atom stereocenters. The van der Waals surface area contributed by atoms with Crippen molar-refractivity contribution in [2.24, 2.45) is 0 Å². The fraction of sp³-hybridized carbons (Fsp3) is 0.167. The predicted molar refractivity (Wildman–Crippen MR) is 92.2 cm³/mol. The van der Waals surface area contributed by atoms with Crippen LogP contribution in [0.1, 0.15) is 10.4 Å². The molecule has 1 amide bonds. The number of carbonyl (C=O) groups is 1. The minimum absolute atomic E-state index is 0.192. The summed E-state index contributed by atoms with van der Waals surface area (Å²) >= 11 is 0. The zero-order valence-electron chi connectivity index (χ0n) is 13.8. The normalized spacial score (nSPS) is 10.3. The number of methoxy groups -OCH3 is 1. The minimum atomic E-state index is -0.192. The van der Waals surface area contributed by atoms with Gasteiger partial charge in [0, 0.05) is 18.6 Å². The van der Waals surface area contributed by atoms with Gasteiger partial charge >= 0.3 is 0 Å². The molecule has 3 aromatic rings. The zero-order chi connectivity index (χ0) is 17.5. The summed E-state index contributed by atoms with van der Waals surface area (Å²) < 4.78 is 12.4. The third-order valence-electron chi connectivity index (χ3n) is 3.49. The lowest BCUT2D eigenvalue weighted by atomic mass is 10.2. The van der Waals surface area contributed by atoms with Crippen molar-refractivity contribution in [3.63, 3.8) is 0 Å². The number of carbonyl (C=O) groups excluding carboxylic acids is 1. The second-order valence-corrected chi connectivity index (χ2v) is 5.15. The third-order valence-corrected chi connectivity index (χ3v) is 3.49. The summed E-state index contributed by atoms with van der Waals surface area (Å²) in [5.74, 6) is 2.01. The summed E-state index contributed by atoms with van der Waals surface area (Å²) in [6, 6.07) is 10.8. The molecule has 1 N–H and O–H groups in total. The van der Waals surface area contributed by atoms with Crippen molar-refractivity contribution in [3.8, 4) is 17.3 Å². The number of hydrogen-bond acceptors (Lipinski definition) is 5. The standard InChI is InChI=1S/C18H18N4O3/c1-24-15-3-5-16(6-4-15)25-11-9-20-18(23)14-2-7-17(21-12-14)22-10-8-19-13-22/h2-8,10,12-13H,9,11H2,1H3,(H,20,23). The molecule has 7 heteroatoms. The molecule has 3 rings (SSSR count). The smallest absolute Gasteiger partial charge is 0.252 e. The highest BCUT2D eigenvalue weighted by Crippen LogP contribution is 2.16. The van der Waals surface area contributed by atoms with Gasteiger partial charge in [0.2, 0.25) is 0 Å². The molecular formula is C18H18N4O3. The highest BCUT2D eigenvalue weighted by molar-refractivity contribution is 5.93. The van der Waals surface area contributed by atoms with Crippen molar-refractivity contribution in [3.05, 3.63) is 66.9 Å². The molecule has 2 aromatic heterocycles. The molecule has 0 saturated carbocycles. The minimum Gasteiger partial charge on any atom is -0.497 e. The average molecular weight is 338 g/mol. The van der Waals surface area contributed by atoms with Crippen LogP contribution in [-0.2, 0) is 0 Å². The van der Waals surface area contributed by atoms with Gasteiger partial charge in [-0.15, -0.1) is 0 Å². The maximum Gasteiger partial charge on any atom is 0.252 e. The average Bonchev–Trinajstić information content (AvgIpc) is 3.20. The molecule has 0 bridgehead atoms. The Hall–Kier alpha value is -3.35. The van der Waals surface area contributed by atoms with Gasteiger partial charge < -0.3 is 14.8 Å². The molecule has 0 aliphatic rings. The van der Waals surface area contributed by atoms with Crippen LogP contribution < -0.4 is 14.8 Å². The molecule has 0 aliphatic carbocycles. The molecule has 2 heterocycles. The molecule has 0 aliphatic heterocycles. The van der Waals surface area contributed by atoms with E-state index in [-0.39, 0.29) is 5.91 Å². The number of benzene rings is 1. The Morgan fingerprint density at radius 3 is 2.60 bits per heavy atom. The van der Waals surface area contributed by atoms with Crippen LogP contribution in [0.15, 0.2) is 61.3 Å². The first-order chi connectivity index (χ1) is 12.3. The molecule has 7 nitrogen and oxygen atoms in total. The van der Waals surface area contributed by atoms with Crippen LogP contribution in [0, 0.1) is 0 Å². The highest BCUT2D eigenvalue weighted by atomic mass is 16.5. The molecule has 1 aromatic carbocycles. The van der Waals surface area contributed by atoms with E-state index < -0.39 is 0 Å². The van der Waals surface area contributed by atoms with Crippen LogP contribution in [0.5, 0.6) is 11.5 Å². The van der Waals surface area contributed by atoms with Crippen molar-refractivity contribution in [2.45, 2.75) is 0 Å². The summed E-state index contributed by atoms with van der Waals surface area (Å²) in [6.07, 6.45) is 6.65. The third kappa shape index (κ3) is 4.35. The van der Waals surface area contributed by atoms with Crippen molar-refractivity contribution in [2.75, 3.05) is 20.3 Å². The first-order valence-electron chi connectivity index (χ1n) is 7.76. The Bertz CT molecular complexity index is 799. The number of nitrogens with one attached hydrogen (secondary N) is 1. The lowest BCUT2D eigenvalue weighted by Gasteiger charge is -2.08. The quantitative estimate of drug-likeness (QED) is 0.667. The van der Waals surface area contributed by atoms with Gasteiger partial charge in [-0.2, -0.15) is 0 Å². The molecule has 128 valence electrons. The molecule has 0 saturated heterocycles. The van der Waals surface area contributed by atoms with Gasteiger partial charge in [0.25, 0.3) is 5.91 Å². The van der Waals surface area contributed by atoms with E-state index in [0.29, 0.717) is 24.5 Å². The second kappa shape index (κ2) is 7.96. The fourth-order valence-electron chi connectivity index (χ4n) is 2.18. The number of pyridine rings is 1. The van der Waals surface area contributed by atoms with E-state index in [1.807, 2.05) is 24.3 Å². The number of ether oxygens (including phenoxy) is 2. The summed E-state index contributed by atoms with van der Waals surface area (Å²) in [5.41, 5.74) is 0.494. The van der Waals surface area contributed by atoms with Gasteiger partial charge in [-0.05, 0) is 36.4 Å². The van der Waals surface area contributed by atoms with E-state index in [0.717, 1.165) is 11.5 Å². The van der Waals surface area contributed by atoms with Crippen LogP contribution in [0.3, 0.4) is 0 Å². The largest absolute Gasteiger partial charge is 0.497 e. The maximum absolute atomic E-state index is 12.1. The second-order valence-electron chi connectivity index (χ2n) is 5.15. The van der Waals surface area contributed by atoms with Crippen molar-refractivity contribution < 1.29 is 14.3 Å². The number of hydrogen-bond donors (Lipinski definition) is 1. The Morgan fingerprint density at radius 1 is 1.16 bits per heavy atom. The molecule has 0 unspecified atom stereocenters. The maximum atomic E-state index is 12.1. The van der Waals surface area contributed by atoms with Gasteiger partial charge in [-0.25, -0.2) is 9.97 Å². The van der Waals surface area contributed by atoms with Gasteiger partial charge in [-0.1, -0.05) is 0 Å². The SMILES string of the molecule is COc1ccc(OCCNC(=O)c2ccc(-n3ccnc3)nc2)cc1. The van der Waals surface area contributed by atoms with E-state index in [2.05, 4.69) is 15.3 Å². The number of imidazole rings is 1. The van der Waals surface area contributed by atoms with Crippen LogP contribution in [0.2, 0.25) is 0 Å². The van der Waals surface area contributed by atoms with Crippen molar-refractivity contribution in [1.29, 1.82) is 0 Å². The molecule has 0 spiro atoms. The number of rotatable bonds is 7. The van der Waals surface area contributed by atoms with Crippen LogP contribution >= 0.6 is 0 Å². The molecular weight excluding hydrogens is 320 g/mol. The first-order valence-corrected chi connectivity index (χ1v) is 7.76. The van der Waals surface area contributed by atoms with Crippen LogP contribution in [0.4, 0.5) is 0 Å². The summed E-state index contributed by atoms with van der Waals surface area (Å²) in [7, 11) is 1.61. The van der Waals surface area contributed by atoms with Gasteiger partial charge in [0.1, 0.15) is 30.3 Å². The van der Waals surface area contributed by atoms with Crippen LogP contribution in [-0.4, -0.2) is 40.7 Å².